The Morgan fingerprint density at radius 3 is 2.48 bits per heavy atom. The van der Waals surface area contributed by atoms with Crippen molar-refractivity contribution in [3.05, 3.63) is 64.1 Å². The topological polar surface area (TPSA) is 76.1 Å². The highest BCUT2D eigenvalue weighted by molar-refractivity contribution is 7.15. The average Bonchev–Trinajstić information content (AvgIpc) is 3.04. The number of carbonyl (C=O) groups is 1. The number of hydrogen-bond donors (Lipinski definition) is 2. The minimum absolute atomic E-state index is 0.380. The van der Waals surface area contributed by atoms with Crippen molar-refractivity contribution in [2.45, 2.75) is 6.42 Å². The summed E-state index contributed by atoms with van der Waals surface area (Å²) in [5, 5.41) is 15.3. The van der Waals surface area contributed by atoms with Gasteiger partial charge in [-0.15, -0.1) is 10.2 Å². The Hall–Kier alpha value is -2.64. The van der Waals surface area contributed by atoms with Crippen LogP contribution in [-0.4, -0.2) is 23.3 Å². The molecular weight excluding hydrogens is 360 g/mol. The number of urea groups is 1. The lowest BCUT2D eigenvalue weighted by molar-refractivity contribution is 0.262. The van der Waals surface area contributed by atoms with Gasteiger partial charge in [-0.1, -0.05) is 35.1 Å². The number of nitrogens with zero attached hydrogens (tertiary/aromatic N) is 2. The van der Waals surface area contributed by atoms with Gasteiger partial charge in [-0.2, -0.15) is 0 Å². The fourth-order valence-corrected chi connectivity index (χ4v) is 2.98. The quantitative estimate of drug-likeness (QED) is 0.692. The van der Waals surface area contributed by atoms with Crippen LogP contribution in [0, 0.1) is 0 Å². The van der Waals surface area contributed by atoms with Gasteiger partial charge in [0, 0.05) is 17.1 Å². The van der Waals surface area contributed by atoms with E-state index in [1.54, 1.807) is 31.4 Å². The van der Waals surface area contributed by atoms with E-state index in [0.29, 0.717) is 22.3 Å². The normalized spacial score (nSPS) is 10.3. The fraction of sp³-hybridized carbons (Fsp3) is 0.118. The Balaban J connectivity index is 1.57. The minimum atomic E-state index is -0.380. The maximum Gasteiger partial charge on any atom is 0.325 e. The fourth-order valence-electron chi connectivity index (χ4n) is 2.09. The van der Waals surface area contributed by atoms with E-state index >= 15 is 0 Å². The highest BCUT2D eigenvalue weighted by Gasteiger charge is 2.09. The first kappa shape index (κ1) is 17.2. The molecule has 128 valence electrons. The van der Waals surface area contributed by atoms with Crippen LogP contribution in [0.2, 0.25) is 5.02 Å². The van der Waals surface area contributed by atoms with Crippen LogP contribution in [0.5, 0.6) is 5.75 Å². The summed E-state index contributed by atoms with van der Waals surface area (Å²) >= 11 is 7.14. The van der Waals surface area contributed by atoms with E-state index in [2.05, 4.69) is 20.8 Å². The molecule has 8 heteroatoms. The van der Waals surface area contributed by atoms with Crippen molar-refractivity contribution in [3.8, 4) is 5.75 Å². The van der Waals surface area contributed by atoms with E-state index in [9.17, 15) is 4.79 Å². The van der Waals surface area contributed by atoms with Crippen LogP contribution in [0.15, 0.2) is 48.5 Å². The molecule has 0 spiro atoms. The zero-order chi connectivity index (χ0) is 17.6. The molecule has 2 aromatic carbocycles. The molecule has 1 aromatic heterocycles. The Morgan fingerprint density at radius 1 is 1.08 bits per heavy atom. The Bertz CT molecular complexity index is 850. The second kappa shape index (κ2) is 7.96. The number of nitrogens with one attached hydrogen (secondary N) is 2. The molecule has 0 saturated heterocycles. The summed E-state index contributed by atoms with van der Waals surface area (Å²) in [5.41, 5.74) is 1.74. The van der Waals surface area contributed by atoms with Crippen LogP contribution >= 0.6 is 22.9 Å². The molecule has 0 atom stereocenters. The molecule has 0 aliphatic heterocycles. The molecule has 0 radical (unpaired) electrons. The summed E-state index contributed by atoms with van der Waals surface area (Å²) < 4.78 is 5.14. The number of rotatable bonds is 5. The molecule has 0 aliphatic carbocycles. The van der Waals surface area contributed by atoms with E-state index in [1.807, 2.05) is 24.3 Å². The van der Waals surface area contributed by atoms with E-state index in [4.69, 9.17) is 16.3 Å². The van der Waals surface area contributed by atoms with Crippen molar-refractivity contribution in [2.75, 3.05) is 17.7 Å². The van der Waals surface area contributed by atoms with Crippen molar-refractivity contribution < 1.29 is 9.53 Å². The Labute approximate surface area is 153 Å². The van der Waals surface area contributed by atoms with Crippen LogP contribution < -0.4 is 15.4 Å². The van der Waals surface area contributed by atoms with E-state index in [-0.39, 0.29) is 6.03 Å². The Morgan fingerprint density at radius 2 is 1.80 bits per heavy atom. The summed E-state index contributed by atoms with van der Waals surface area (Å²) in [6.45, 7) is 0. The van der Waals surface area contributed by atoms with Crippen molar-refractivity contribution in [3.63, 3.8) is 0 Å². The molecular formula is C17H15ClN4O2S. The van der Waals surface area contributed by atoms with Crippen LogP contribution in [0.25, 0.3) is 0 Å². The molecule has 6 nitrogen and oxygen atoms in total. The lowest BCUT2D eigenvalue weighted by Gasteiger charge is -2.04. The second-order valence-electron chi connectivity index (χ2n) is 5.11. The van der Waals surface area contributed by atoms with E-state index in [0.717, 1.165) is 16.3 Å². The third-order valence-electron chi connectivity index (χ3n) is 3.30. The summed E-state index contributed by atoms with van der Waals surface area (Å²) in [4.78, 5) is 12.0. The standard InChI is InChI=1S/C17H15ClN4O2S/c1-24-14-8-2-11(3-9-14)10-15-21-22-17(25-15)20-16(23)19-13-6-4-12(18)5-7-13/h2-9H,10H2,1H3,(H2,19,20,22,23). The first-order valence-electron chi connectivity index (χ1n) is 7.41. The van der Waals surface area contributed by atoms with Crippen LogP contribution in [0.4, 0.5) is 15.6 Å². The number of methoxy groups -OCH3 is 1. The zero-order valence-corrected chi connectivity index (χ0v) is 14.9. The molecule has 0 fully saturated rings. The molecule has 25 heavy (non-hydrogen) atoms. The van der Waals surface area contributed by atoms with E-state index < -0.39 is 0 Å². The summed E-state index contributed by atoms with van der Waals surface area (Å²) in [5.74, 6) is 0.808. The molecule has 2 N–H and O–H groups in total. The highest BCUT2D eigenvalue weighted by Crippen LogP contribution is 2.20. The minimum Gasteiger partial charge on any atom is -0.497 e. The summed E-state index contributed by atoms with van der Waals surface area (Å²) in [6, 6.07) is 14.2. The van der Waals surface area contributed by atoms with Crippen LogP contribution in [0.3, 0.4) is 0 Å². The number of anilines is 2. The highest BCUT2D eigenvalue weighted by atomic mass is 35.5. The van der Waals surface area contributed by atoms with Gasteiger partial charge in [-0.05, 0) is 42.0 Å². The predicted octanol–water partition coefficient (Wildman–Crippen LogP) is 4.43. The van der Waals surface area contributed by atoms with E-state index in [1.165, 1.54) is 11.3 Å². The van der Waals surface area contributed by atoms with Crippen molar-refractivity contribution in [2.24, 2.45) is 0 Å². The SMILES string of the molecule is COc1ccc(Cc2nnc(NC(=O)Nc3ccc(Cl)cc3)s2)cc1. The summed E-state index contributed by atoms with van der Waals surface area (Å²) in [6.07, 6.45) is 0.641. The number of benzene rings is 2. The van der Waals surface area contributed by atoms with Crippen molar-refractivity contribution >= 4 is 39.8 Å². The number of hydrogen-bond acceptors (Lipinski definition) is 5. The van der Waals surface area contributed by atoms with Gasteiger partial charge in [-0.25, -0.2) is 4.79 Å². The average molecular weight is 375 g/mol. The van der Waals surface area contributed by atoms with Gasteiger partial charge >= 0.3 is 6.03 Å². The van der Waals surface area contributed by atoms with Crippen LogP contribution in [0.1, 0.15) is 10.6 Å². The lowest BCUT2D eigenvalue weighted by atomic mass is 10.1. The molecule has 0 aliphatic rings. The number of amides is 2. The molecule has 3 rings (SSSR count). The molecule has 1 heterocycles. The number of ether oxygens (including phenoxy) is 1. The number of halogens is 1. The maximum atomic E-state index is 12.0. The first-order chi connectivity index (χ1) is 12.1. The molecule has 2 amide bonds. The smallest absolute Gasteiger partial charge is 0.325 e. The monoisotopic (exact) mass is 374 g/mol. The third kappa shape index (κ3) is 4.91. The predicted molar refractivity (Wildman–Crippen MR) is 99.8 cm³/mol. The third-order valence-corrected chi connectivity index (χ3v) is 4.39. The first-order valence-corrected chi connectivity index (χ1v) is 8.61. The van der Waals surface area contributed by atoms with Gasteiger partial charge in [0.25, 0.3) is 0 Å². The van der Waals surface area contributed by atoms with Crippen molar-refractivity contribution in [1.82, 2.24) is 10.2 Å². The van der Waals surface area contributed by atoms with Gasteiger partial charge in [0.15, 0.2) is 0 Å². The van der Waals surface area contributed by atoms with Gasteiger partial charge in [0.2, 0.25) is 5.13 Å². The number of aromatic nitrogens is 2. The zero-order valence-electron chi connectivity index (χ0n) is 13.3. The molecule has 0 unspecified atom stereocenters. The number of carbonyl (C=O) groups excluding carboxylic acids is 1. The molecule has 3 aromatic rings. The van der Waals surface area contributed by atoms with Crippen LogP contribution in [-0.2, 0) is 6.42 Å². The lowest BCUT2D eigenvalue weighted by Crippen LogP contribution is -2.19. The van der Waals surface area contributed by atoms with Crippen molar-refractivity contribution in [1.29, 1.82) is 0 Å². The largest absolute Gasteiger partial charge is 0.497 e. The second-order valence-corrected chi connectivity index (χ2v) is 6.61. The van der Waals surface area contributed by atoms with Gasteiger partial charge in [0.1, 0.15) is 10.8 Å². The van der Waals surface area contributed by atoms with Gasteiger partial charge < -0.3 is 10.1 Å². The maximum absolute atomic E-state index is 12.0. The molecule has 0 saturated carbocycles. The molecule has 0 bridgehead atoms. The summed E-state index contributed by atoms with van der Waals surface area (Å²) in [7, 11) is 1.63. The van der Waals surface area contributed by atoms with Gasteiger partial charge in [-0.3, -0.25) is 5.32 Å². The van der Waals surface area contributed by atoms with Gasteiger partial charge in [0.05, 0.1) is 7.11 Å². The Kier molecular flexibility index (Phi) is 5.47.